The number of rotatable bonds is 3. The van der Waals surface area contributed by atoms with E-state index in [1.807, 2.05) is 0 Å². The van der Waals surface area contributed by atoms with Crippen LogP contribution < -0.4 is 5.56 Å². The lowest BCUT2D eigenvalue weighted by Crippen LogP contribution is -2.17. The van der Waals surface area contributed by atoms with Crippen molar-refractivity contribution in [2.75, 3.05) is 0 Å². The summed E-state index contributed by atoms with van der Waals surface area (Å²) >= 11 is 11.9. The first-order valence-corrected chi connectivity index (χ1v) is 6.12. The molecule has 0 amide bonds. The highest BCUT2D eigenvalue weighted by atomic mass is 35.5. The molecule has 6 heteroatoms. The molecule has 19 heavy (non-hydrogen) atoms. The van der Waals surface area contributed by atoms with E-state index in [-0.39, 0.29) is 12.1 Å². The van der Waals surface area contributed by atoms with Crippen molar-refractivity contribution >= 4 is 29.2 Å². The lowest BCUT2D eigenvalue weighted by molar-refractivity contribution is 0.0690. The number of carboxylic acids is 1. The first-order valence-electron chi connectivity index (χ1n) is 5.37. The number of H-pyrrole nitrogens is 1. The fourth-order valence-corrected chi connectivity index (χ4v) is 2.03. The van der Waals surface area contributed by atoms with E-state index in [1.165, 1.54) is 12.1 Å². The summed E-state index contributed by atoms with van der Waals surface area (Å²) in [6.07, 6.45) is 0.286. The van der Waals surface area contributed by atoms with Crippen molar-refractivity contribution < 1.29 is 9.90 Å². The molecule has 0 aliphatic carbocycles. The zero-order valence-corrected chi connectivity index (χ0v) is 11.1. The van der Waals surface area contributed by atoms with Gasteiger partial charge in [-0.1, -0.05) is 29.3 Å². The van der Waals surface area contributed by atoms with Gasteiger partial charge < -0.3 is 10.1 Å². The van der Waals surface area contributed by atoms with Crippen molar-refractivity contribution in [1.82, 2.24) is 4.98 Å². The second kappa shape index (κ2) is 5.47. The largest absolute Gasteiger partial charge is 0.477 e. The maximum Gasteiger partial charge on any atom is 0.352 e. The summed E-state index contributed by atoms with van der Waals surface area (Å²) in [7, 11) is 0. The molecule has 0 bridgehead atoms. The average Bonchev–Trinajstić information content (AvgIpc) is 2.36. The molecule has 2 rings (SSSR count). The zero-order chi connectivity index (χ0) is 14.0. The number of pyridine rings is 1. The number of carbonyl (C=O) groups is 1. The Balaban J connectivity index is 2.36. The predicted molar refractivity (Wildman–Crippen MR) is 73.3 cm³/mol. The number of aromatic amines is 1. The number of hydrogen-bond donors (Lipinski definition) is 2. The maximum absolute atomic E-state index is 11.8. The molecule has 1 aromatic heterocycles. The Morgan fingerprint density at radius 3 is 2.53 bits per heavy atom. The molecule has 4 nitrogen and oxygen atoms in total. The fraction of sp³-hybridized carbons (Fsp3) is 0.0769. The molecular formula is C13H9Cl2NO3. The summed E-state index contributed by atoms with van der Waals surface area (Å²) in [6.45, 7) is 0. The molecule has 0 fully saturated rings. The lowest BCUT2D eigenvalue weighted by atomic mass is 10.1. The van der Waals surface area contributed by atoms with Gasteiger partial charge >= 0.3 is 5.97 Å². The van der Waals surface area contributed by atoms with Crippen LogP contribution in [-0.2, 0) is 6.42 Å². The van der Waals surface area contributed by atoms with Crippen LogP contribution in [0.5, 0.6) is 0 Å². The minimum absolute atomic E-state index is 0.147. The fourth-order valence-electron chi connectivity index (χ4n) is 1.65. The van der Waals surface area contributed by atoms with Crippen LogP contribution in [0, 0.1) is 0 Å². The third kappa shape index (κ3) is 3.16. The molecule has 2 aromatic rings. The van der Waals surface area contributed by atoms with Gasteiger partial charge in [-0.25, -0.2) is 4.79 Å². The van der Waals surface area contributed by atoms with Crippen LogP contribution in [0.2, 0.25) is 10.0 Å². The Bertz CT molecular complexity index is 695. The molecule has 1 heterocycles. The quantitative estimate of drug-likeness (QED) is 0.915. The van der Waals surface area contributed by atoms with Crippen LogP contribution in [0.15, 0.2) is 35.1 Å². The minimum Gasteiger partial charge on any atom is -0.477 e. The van der Waals surface area contributed by atoms with Crippen LogP contribution >= 0.6 is 23.2 Å². The van der Waals surface area contributed by atoms with Crippen LogP contribution in [0.25, 0.3) is 0 Å². The summed E-state index contributed by atoms with van der Waals surface area (Å²) in [6, 6.07) is 7.80. The summed E-state index contributed by atoms with van der Waals surface area (Å²) in [5.74, 6) is -1.18. The van der Waals surface area contributed by atoms with E-state index in [0.29, 0.717) is 21.2 Å². The normalized spacial score (nSPS) is 10.4. The zero-order valence-electron chi connectivity index (χ0n) is 9.61. The van der Waals surface area contributed by atoms with E-state index in [4.69, 9.17) is 28.3 Å². The smallest absolute Gasteiger partial charge is 0.352 e. The van der Waals surface area contributed by atoms with Crippen LogP contribution in [0.1, 0.15) is 21.6 Å². The van der Waals surface area contributed by atoms with Crippen molar-refractivity contribution in [3.63, 3.8) is 0 Å². The van der Waals surface area contributed by atoms with Gasteiger partial charge in [-0.05, 0) is 29.8 Å². The number of aromatic carboxylic acids is 1. The number of benzene rings is 1. The Kier molecular flexibility index (Phi) is 3.93. The molecule has 0 radical (unpaired) electrons. The maximum atomic E-state index is 11.8. The average molecular weight is 298 g/mol. The molecule has 0 aliphatic heterocycles. The first kappa shape index (κ1) is 13.6. The van der Waals surface area contributed by atoms with Gasteiger partial charge in [-0.3, -0.25) is 4.79 Å². The molecule has 0 saturated heterocycles. The molecule has 0 unspecified atom stereocenters. The highest BCUT2D eigenvalue weighted by Gasteiger charge is 2.09. The molecule has 0 atom stereocenters. The van der Waals surface area contributed by atoms with Crippen molar-refractivity contribution in [3.05, 3.63) is 67.6 Å². The predicted octanol–water partition coefficient (Wildman–Crippen LogP) is 2.97. The summed E-state index contributed by atoms with van der Waals surface area (Å²) in [5, 5.41) is 9.79. The molecule has 2 N–H and O–H groups in total. The van der Waals surface area contributed by atoms with E-state index in [1.54, 1.807) is 18.2 Å². The van der Waals surface area contributed by atoms with Crippen molar-refractivity contribution in [2.45, 2.75) is 6.42 Å². The molecule has 0 spiro atoms. The molecular weight excluding hydrogens is 289 g/mol. The van der Waals surface area contributed by atoms with Crippen molar-refractivity contribution in [2.24, 2.45) is 0 Å². The number of hydrogen-bond acceptors (Lipinski definition) is 2. The van der Waals surface area contributed by atoms with Crippen molar-refractivity contribution in [3.8, 4) is 0 Å². The third-order valence-electron chi connectivity index (χ3n) is 2.61. The Morgan fingerprint density at radius 1 is 1.16 bits per heavy atom. The van der Waals surface area contributed by atoms with Crippen molar-refractivity contribution in [1.29, 1.82) is 0 Å². The Labute approximate surface area is 118 Å². The Hall–Kier alpha value is -1.78. The van der Waals surface area contributed by atoms with Gasteiger partial charge in [0.1, 0.15) is 5.69 Å². The van der Waals surface area contributed by atoms with E-state index in [9.17, 15) is 9.59 Å². The number of carboxylic acid groups (broad SMARTS) is 1. The number of nitrogens with one attached hydrogen (secondary N) is 1. The Morgan fingerprint density at radius 2 is 1.89 bits per heavy atom. The van der Waals surface area contributed by atoms with Gasteiger partial charge in [0, 0.05) is 22.0 Å². The van der Waals surface area contributed by atoms with Gasteiger partial charge in [0.2, 0.25) is 0 Å². The molecule has 1 aromatic carbocycles. The first-order chi connectivity index (χ1) is 8.97. The van der Waals surface area contributed by atoms with Crippen LogP contribution in [0.4, 0.5) is 0 Å². The molecule has 0 saturated carbocycles. The third-order valence-corrected chi connectivity index (χ3v) is 3.21. The number of halogens is 2. The summed E-state index contributed by atoms with van der Waals surface area (Å²) in [5.41, 5.74) is 0.541. The monoisotopic (exact) mass is 297 g/mol. The number of aromatic nitrogens is 1. The topological polar surface area (TPSA) is 70.2 Å². The molecule has 0 aliphatic rings. The van der Waals surface area contributed by atoms with E-state index in [2.05, 4.69) is 4.98 Å². The van der Waals surface area contributed by atoms with Gasteiger partial charge in [0.15, 0.2) is 0 Å². The summed E-state index contributed by atoms with van der Waals surface area (Å²) in [4.78, 5) is 24.8. The highest BCUT2D eigenvalue weighted by molar-refractivity contribution is 6.33. The van der Waals surface area contributed by atoms with E-state index < -0.39 is 11.5 Å². The van der Waals surface area contributed by atoms with Gasteiger partial charge in [0.25, 0.3) is 5.56 Å². The van der Waals surface area contributed by atoms with Crippen LogP contribution in [-0.4, -0.2) is 16.1 Å². The SMILES string of the molecule is O=C(O)c1ccc(Cc2cc(Cl)ccc2Cl)c(=O)[nH]1. The van der Waals surface area contributed by atoms with Gasteiger partial charge in [0.05, 0.1) is 0 Å². The standard InChI is InChI=1S/C13H9Cl2NO3/c14-9-2-3-10(15)8(6-9)5-7-1-4-11(13(18)19)16-12(7)17/h1-4,6H,5H2,(H,16,17)(H,18,19). The lowest BCUT2D eigenvalue weighted by Gasteiger charge is -2.05. The second-order valence-electron chi connectivity index (χ2n) is 3.94. The van der Waals surface area contributed by atoms with E-state index >= 15 is 0 Å². The van der Waals surface area contributed by atoms with Gasteiger partial charge in [-0.15, -0.1) is 0 Å². The van der Waals surface area contributed by atoms with Gasteiger partial charge in [-0.2, -0.15) is 0 Å². The second-order valence-corrected chi connectivity index (χ2v) is 4.79. The molecule has 98 valence electrons. The van der Waals surface area contributed by atoms with E-state index in [0.717, 1.165) is 0 Å². The highest BCUT2D eigenvalue weighted by Crippen LogP contribution is 2.22. The minimum atomic E-state index is -1.18. The van der Waals surface area contributed by atoms with Crippen LogP contribution in [0.3, 0.4) is 0 Å². The summed E-state index contributed by atoms with van der Waals surface area (Å²) < 4.78 is 0.